The first-order valence-electron chi connectivity index (χ1n) is 25.2. The highest BCUT2D eigenvalue weighted by Gasteiger charge is 2.26. The second-order valence-corrected chi connectivity index (χ2v) is 16.1. The lowest BCUT2D eigenvalue weighted by molar-refractivity contribution is -0.150. The van der Waals surface area contributed by atoms with Gasteiger partial charge in [-0.05, 0) is 77.7 Å². The van der Waals surface area contributed by atoms with Gasteiger partial charge in [-0.2, -0.15) is 0 Å². The van der Waals surface area contributed by atoms with Crippen molar-refractivity contribution in [2.75, 3.05) is 26.3 Å². The van der Waals surface area contributed by atoms with E-state index in [4.69, 9.17) is 9.47 Å². The Labute approximate surface area is 361 Å². The number of likely N-dealkylation sites (tertiary alicyclic amines) is 1. The lowest BCUT2D eigenvalue weighted by Gasteiger charge is -2.20. The predicted molar refractivity (Wildman–Crippen MR) is 247 cm³/mol. The fourth-order valence-electron chi connectivity index (χ4n) is 7.30. The van der Waals surface area contributed by atoms with Crippen molar-refractivity contribution in [3.05, 3.63) is 0 Å². The maximum atomic E-state index is 12.3. The van der Waals surface area contributed by atoms with Gasteiger partial charge >= 0.3 is 11.9 Å². The minimum absolute atomic E-state index is 0.0150. The summed E-state index contributed by atoms with van der Waals surface area (Å²) in [6, 6.07) is 0.466. The second kappa shape index (κ2) is 51.5. The van der Waals surface area contributed by atoms with Gasteiger partial charge in [0.25, 0.3) is 6.47 Å². The second-order valence-electron chi connectivity index (χ2n) is 16.1. The summed E-state index contributed by atoms with van der Waals surface area (Å²) in [7, 11) is 0. The summed E-state index contributed by atoms with van der Waals surface area (Å²) >= 11 is 0. The van der Waals surface area contributed by atoms with Crippen LogP contribution in [0.3, 0.4) is 0 Å². The van der Waals surface area contributed by atoms with Crippen molar-refractivity contribution in [2.24, 2.45) is 0 Å². The largest absolute Gasteiger partial charge is 0.468 e. The number of nitrogens with zero attached hydrogens (tertiary/aromatic N) is 1. The Kier molecular flexibility index (Phi) is 53.8. The topological polar surface area (TPSA) is 102 Å². The average Bonchev–Trinajstić information content (AvgIpc) is 3.56. The number of rotatable bonds is 38. The lowest BCUT2D eigenvalue weighted by Crippen LogP contribution is -2.28. The zero-order valence-corrected chi connectivity index (χ0v) is 40.1. The molecule has 1 N–H and O–H groups in total. The Hall–Kier alpha value is -1.67. The number of aliphatic hydroxyl groups is 1. The SMILES string of the molecule is CC.CC.CCCCCCCCC(CCCCCCC)OC(=O)CCCCCCCOC=O.CCCCCCCCCCCOC(=O)CCCCN1CC(O)CC1C. The van der Waals surface area contributed by atoms with Crippen LogP contribution >= 0.6 is 0 Å². The molecule has 8 nitrogen and oxygen atoms in total. The fraction of sp³-hybridized carbons (Fsp3) is 0.940. The van der Waals surface area contributed by atoms with Crippen molar-refractivity contribution in [2.45, 2.75) is 279 Å². The number of β-amino-alcohol motifs (C(OH)–C–C–N with tert-alkyl or cyclic N) is 1. The van der Waals surface area contributed by atoms with E-state index in [9.17, 15) is 19.5 Å². The van der Waals surface area contributed by atoms with Crippen LogP contribution in [0.1, 0.15) is 261 Å². The molecule has 0 aromatic heterocycles. The van der Waals surface area contributed by atoms with E-state index in [1.54, 1.807) is 0 Å². The van der Waals surface area contributed by atoms with Crippen LogP contribution in [-0.2, 0) is 28.6 Å². The first-order valence-corrected chi connectivity index (χ1v) is 25.2. The maximum Gasteiger partial charge on any atom is 0.306 e. The van der Waals surface area contributed by atoms with E-state index in [-0.39, 0.29) is 24.1 Å². The van der Waals surface area contributed by atoms with Crippen LogP contribution in [0.25, 0.3) is 0 Å². The zero-order valence-electron chi connectivity index (χ0n) is 40.1. The van der Waals surface area contributed by atoms with Gasteiger partial charge in [0.15, 0.2) is 0 Å². The molecule has 0 amide bonds. The van der Waals surface area contributed by atoms with Crippen LogP contribution in [0.2, 0.25) is 0 Å². The van der Waals surface area contributed by atoms with Crippen molar-refractivity contribution >= 4 is 18.4 Å². The fourth-order valence-corrected chi connectivity index (χ4v) is 7.30. The molecule has 1 saturated heterocycles. The minimum atomic E-state index is -0.170. The first kappa shape index (κ1) is 60.6. The summed E-state index contributed by atoms with van der Waals surface area (Å²) in [5.74, 6) is -0.0621. The molecule has 0 bridgehead atoms. The predicted octanol–water partition coefficient (Wildman–Crippen LogP) is 14.3. The number of ether oxygens (including phenoxy) is 3. The van der Waals surface area contributed by atoms with Gasteiger partial charge in [-0.25, -0.2) is 0 Å². The molecule has 1 heterocycles. The van der Waals surface area contributed by atoms with Gasteiger partial charge in [0.2, 0.25) is 0 Å². The van der Waals surface area contributed by atoms with Crippen LogP contribution in [0.5, 0.6) is 0 Å². The highest BCUT2D eigenvalue weighted by atomic mass is 16.5. The number of aliphatic hydroxyl groups excluding tert-OH is 1. The van der Waals surface area contributed by atoms with Gasteiger partial charge in [0.05, 0.1) is 19.3 Å². The molecule has 348 valence electrons. The van der Waals surface area contributed by atoms with Gasteiger partial charge in [0, 0.05) is 25.4 Å². The molecule has 1 aliphatic rings. The van der Waals surface area contributed by atoms with Crippen LogP contribution in [0.4, 0.5) is 0 Å². The van der Waals surface area contributed by atoms with E-state index in [0.717, 1.165) is 83.7 Å². The quantitative estimate of drug-likeness (QED) is 0.0284. The number of unbranched alkanes of at least 4 members (excludes halogenated alkanes) is 22. The third-order valence-electron chi connectivity index (χ3n) is 10.8. The highest BCUT2D eigenvalue weighted by Crippen LogP contribution is 2.19. The van der Waals surface area contributed by atoms with Crippen LogP contribution in [0, 0.1) is 0 Å². The molecule has 0 aromatic rings. The van der Waals surface area contributed by atoms with Crippen molar-refractivity contribution in [3.8, 4) is 0 Å². The number of hydrogen-bond donors (Lipinski definition) is 1. The molecule has 0 aromatic carbocycles. The molecule has 8 heteroatoms. The summed E-state index contributed by atoms with van der Waals surface area (Å²) < 4.78 is 15.8. The summed E-state index contributed by atoms with van der Waals surface area (Å²) in [6.07, 6.45) is 36.4. The highest BCUT2D eigenvalue weighted by molar-refractivity contribution is 5.69. The van der Waals surface area contributed by atoms with Crippen molar-refractivity contribution in [3.63, 3.8) is 0 Å². The van der Waals surface area contributed by atoms with Crippen LogP contribution in [0.15, 0.2) is 0 Å². The van der Waals surface area contributed by atoms with Gasteiger partial charge in [-0.1, -0.05) is 177 Å². The van der Waals surface area contributed by atoms with E-state index in [1.807, 2.05) is 27.7 Å². The molecule has 0 radical (unpaired) electrons. The number of carbonyl (C=O) groups is 3. The Morgan fingerprint density at radius 1 is 0.586 bits per heavy atom. The molecule has 0 aliphatic carbocycles. The molecule has 0 spiro atoms. The van der Waals surface area contributed by atoms with Crippen LogP contribution < -0.4 is 0 Å². The summed E-state index contributed by atoms with van der Waals surface area (Å²) in [4.78, 5) is 36.4. The molecule has 0 saturated carbocycles. The summed E-state index contributed by atoms with van der Waals surface area (Å²) in [5, 5.41) is 9.62. The average molecular weight is 828 g/mol. The summed E-state index contributed by atoms with van der Waals surface area (Å²) in [5.41, 5.74) is 0. The molecule has 1 rings (SSSR count). The molecule has 3 atom stereocenters. The molecule has 58 heavy (non-hydrogen) atoms. The van der Waals surface area contributed by atoms with Crippen LogP contribution in [-0.4, -0.2) is 73.0 Å². The number of hydrogen-bond acceptors (Lipinski definition) is 8. The first-order chi connectivity index (χ1) is 28.4. The number of esters is 2. The Balaban J connectivity index is -0.000000967. The third-order valence-corrected chi connectivity index (χ3v) is 10.8. The Morgan fingerprint density at radius 3 is 1.47 bits per heavy atom. The zero-order chi connectivity index (χ0) is 43.7. The third kappa shape index (κ3) is 45.4. The standard InChI is InChI=1S/C25H48O4.C21H41NO3.2C2H6/c1-3-5-7-9-12-16-20-24(19-15-11-8-6-4-2)29-25(27)21-17-13-10-14-18-22-28-23-26;1-3-4-5-6-7-8-9-10-13-16-25-21(24)14-11-12-15-22-18-20(23)17-19(22)2;2*1-2/h23-24H,3-22H2,1-2H3;19-20,23H,3-18H2,1-2H3;2*1-2H3. The smallest absolute Gasteiger partial charge is 0.306 e. The maximum absolute atomic E-state index is 12.3. The molecule has 3 unspecified atom stereocenters. The Morgan fingerprint density at radius 2 is 1.00 bits per heavy atom. The van der Waals surface area contributed by atoms with E-state index < -0.39 is 0 Å². The summed E-state index contributed by atoms with van der Waals surface area (Å²) in [6.45, 7) is 20.2. The normalized spacial score (nSPS) is 15.2. The molecule has 1 fully saturated rings. The molecular weight excluding hydrogens is 727 g/mol. The van der Waals surface area contributed by atoms with Crippen molar-refractivity contribution in [1.29, 1.82) is 0 Å². The van der Waals surface area contributed by atoms with E-state index in [2.05, 4.69) is 37.3 Å². The van der Waals surface area contributed by atoms with Gasteiger partial charge < -0.3 is 19.3 Å². The monoisotopic (exact) mass is 828 g/mol. The Bertz CT molecular complexity index is 826. The van der Waals surface area contributed by atoms with E-state index >= 15 is 0 Å². The lowest BCUT2D eigenvalue weighted by atomic mass is 10.0. The minimum Gasteiger partial charge on any atom is -0.468 e. The van der Waals surface area contributed by atoms with Crippen molar-refractivity contribution in [1.82, 2.24) is 4.90 Å². The van der Waals surface area contributed by atoms with Crippen molar-refractivity contribution < 1.29 is 33.7 Å². The molecular formula is C50H101NO7. The van der Waals surface area contributed by atoms with E-state index in [1.165, 1.54) is 122 Å². The molecule has 1 aliphatic heterocycles. The van der Waals surface area contributed by atoms with Gasteiger partial charge in [0.1, 0.15) is 6.10 Å². The van der Waals surface area contributed by atoms with Gasteiger partial charge in [-0.3, -0.25) is 19.3 Å². The number of carbonyl (C=O) groups excluding carboxylic acids is 3. The van der Waals surface area contributed by atoms with E-state index in [0.29, 0.717) is 38.6 Å². The van der Waals surface area contributed by atoms with Gasteiger partial charge in [-0.15, -0.1) is 0 Å².